The van der Waals surface area contributed by atoms with Gasteiger partial charge in [0.2, 0.25) is 5.82 Å². The lowest BCUT2D eigenvalue weighted by Gasteiger charge is -2.04. The standard InChI is InChI=1S/C21H17N5O2S/c1-14-11-19(24-26(14)13-16-5-3-15(12-22)4-6-16)21-23-20(25-28-21)17-7-9-18(10-8-17)29(2)27/h3-11H,13H2,1-2H3. The second-order valence-corrected chi connectivity index (χ2v) is 7.92. The van der Waals surface area contributed by atoms with Crippen LogP contribution in [0, 0.1) is 18.3 Å². The van der Waals surface area contributed by atoms with Crippen molar-refractivity contribution in [2.24, 2.45) is 0 Å². The minimum absolute atomic E-state index is 0.338. The fraction of sp³-hybridized carbons (Fsp3) is 0.143. The summed E-state index contributed by atoms with van der Waals surface area (Å²) in [6, 6.07) is 18.6. The normalized spacial score (nSPS) is 11.9. The summed E-state index contributed by atoms with van der Waals surface area (Å²) in [4.78, 5) is 5.19. The molecule has 144 valence electrons. The first-order chi connectivity index (χ1) is 14.0. The van der Waals surface area contributed by atoms with Crippen molar-refractivity contribution in [2.45, 2.75) is 18.4 Å². The van der Waals surface area contributed by atoms with Crippen LogP contribution in [0.2, 0.25) is 0 Å². The number of benzene rings is 2. The monoisotopic (exact) mass is 403 g/mol. The molecule has 0 N–H and O–H groups in total. The van der Waals surface area contributed by atoms with E-state index in [1.54, 1.807) is 30.5 Å². The smallest absolute Gasteiger partial charge is 0.278 e. The van der Waals surface area contributed by atoms with Crippen molar-refractivity contribution in [3.8, 4) is 29.0 Å². The molecule has 0 saturated heterocycles. The third-order valence-corrected chi connectivity index (χ3v) is 5.42. The Bertz CT molecular complexity index is 1170. The number of aryl methyl sites for hydroxylation is 1. The first kappa shape index (κ1) is 18.9. The number of nitrogens with zero attached hydrogens (tertiary/aromatic N) is 5. The number of rotatable bonds is 5. The van der Waals surface area contributed by atoms with Gasteiger partial charge in [-0.05, 0) is 66.1 Å². The van der Waals surface area contributed by atoms with E-state index in [4.69, 9.17) is 9.78 Å². The Morgan fingerprint density at radius 1 is 1.14 bits per heavy atom. The first-order valence-corrected chi connectivity index (χ1v) is 10.4. The molecule has 0 saturated carbocycles. The predicted molar refractivity (Wildman–Crippen MR) is 108 cm³/mol. The van der Waals surface area contributed by atoms with E-state index in [2.05, 4.69) is 21.3 Å². The Hall–Kier alpha value is -3.41. The number of hydrogen-bond acceptors (Lipinski definition) is 6. The number of hydrogen-bond donors (Lipinski definition) is 0. The van der Waals surface area contributed by atoms with E-state index in [1.807, 2.05) is 41.9 Å². The molecule has 0 aliphatic rings. The van der Waals surface area contributed by atoms with Gasteiger partial charge < -0.3 is 9.08 Å². The van der Waals surface area contributed by atoms with Crippen LogP contribution in [-0.4, -0.2) is 30.7 Å². The highest BCUT2D eigenvalue weighted by Gasteiger charge is 2.16. The van der Waals surface area contributed by atoms with E-state index in [0.717, 1.165) is 21.7 Å². The van der Waals surface area contributed by atoms with Crippen LogP contribution in [0.4, 0.5) is 0 Å². The second kappa shape index (κ2) is 7.91. The summed E-state index contributed by atoms with van der Waals surface area (Å²) in [6.07, 6.45) is 1.64. The molecule has 7 nitrogen and oxygen atoms in total. The molecular weight excluding hydrogens is 386 g/mol. The minimum Gasteiger partial charge on any atom is -0.612 e. The van der Waals surface area contributed by atoms with Crippen molar-refractivity contribution < 1.29 is 9.08 Å². The highest BCUT2D eigenvalue weighted by Crippen LogP contribution is 2.23. The van der Waals surface area contributed by atoms with Crippen molar-refractivity contribution in [1.29, 1.82) is 5.26 Å². The fourth-order valence-electron chi connectivity index (χ4n) is 2.87. The van der Waals surface area contributed by atoms with Crippen molar-refractivity contribution in [3.63, 3.8) is 0 Å². The summed E-state index contributed by atoms with van der Waals surface area (Å²) in [5, 5.41) is 17.5. The molecule has 2 aromatic carbocycles. The Morgan fingerprint density at radius 3 is 2.52 bits per heavy atom. The molecule has 0 aliphatic carbocycles. The van der Waals surface area contributed by atoms with Gasteiger partial charge in [0.25, 0.3) is 5.89 Å². The number of nitriles is 1. The lowest BCUT2D eigenvalue weighted by Crippen LogP contribution is -2.03. The number of aromatic nitrogens is 4. The molecule has 0 spiro atoms. The molecule has 0 radical (unpaired) electrons. The maximum Gasteiger partial charge on any atom is 0.278 e. The van der Waals surface area contributed by atoms with Gasteiger partial charge in [0, 0.05) is 11.3 Å². The SMILES string of the molecule is Cc1cc(-c2nc(-c3ccc([S+](C)[O-])cc3)no2)nn1Cc1ccc(C#N)cc1. The summed E-state index contributed by atoms with van der Waals surface area (Å²) >= 11 is -1.03. The zero-order valence-electron chi connectivity index (χ0n) is 15.9. The van der Waals surface area contributed by atoms with E-state index in [1.165, 1.54) is 0 Å². The van der Waals surface area contributed by atoms with E-state index >= 15 is 0 Å². The van der Waals surface area contributed by atoms with Crippen molar-refractivity contribution in [1.82, 2.24) is 19.9 Å². The molecule has 4 aromatic rings. The van der Waals surface area contributed by atoms with Crippen molar-refractivity contribution in [2.75, 3.05) is 6.26 Å². The summed E-state index contributed by atoms with van der Waals surface area (Å²) in [7, 11) is 0. The molecule has 2 aromatic heterocycles. The van der Waals surface area contributed by atoms with Gasteiger partial charge in [-0.2, -0.15) is 15.3 Å². The molecule has 0 amide bonds. The molecule has 8 heteroatoms. The van der Waals surface area contributed by atoms with E-state index in [0.29, 0.717) is 29.5 Å². The van der Waals surface area contributed by atoms with Gasteiger partial charge >= 0.3 is 0 Å². The third-order valence-electron chi connectivity index (χ3n) is 4.49. The van der Waals surface area contributed by atoms with E-state index in [9.17, 15) is 4.55 Å². The summed E-state index contributed by atoms with van der Waals surface area (Å²) in [5.74, 6) is 0.789. The Labute approximate surface area is 170 Å². The average molecular weight is 403 g/mol. The van der Waals surface area contributed by atoms with Crippen LogP contribution in [0.25, 0.3) is 23.0 Å². The van der Waals surface area contributed by atoms with Gasteiger partial charge in [0.15, 0.2) is 10.6 Å². The van der Waals surface area contributed by atoms with Gasteiger partial charge in [0.1, 0.15) is 6.26 Å². The summed E-state index contributed by atoms with van der Waals surface area (Å²) in [6.45, 7) is 2.54. The molecule has 1 unspecified atom stereocenters. The fourth-order valence-corrected chi connectivity index (χ4v) is 3.39. The Kier molecular flexibility index (Phi) is 5.16. The van der Waals surface area contributed by atoms with Crippen molar-refractivity contribution in [3.05, 3.63) is 71.4 Å². The molecule has 0 fully saturated rings. The van der Waals surface area contributed by atoms with Crippen LogP contribution in [0.3, 0.4) is 0 Å². The lowest BCUT2D eigenvalue weighted by molar-refractivity contribution is 0.430. The average Bonchev–Trinajstić information content (AvgIpc) is 3.36. The first-order valence-electron chi connectivity index (χ1n) is 8.85. The molecular formula is C21H17N5O2S. The zero-order valence-corrected chi connectivity index (χ0v) is 16.7. The molecule has 2 heterocycles. The van der Waals surface area contributed by atoms with Crippen LogP contribution >= 0.6 is 0 Å². The van der Waals surface area contributed by atoms with E-state index < -0.39 is 11.2 Å². The second-order valence-electron chi connectivity index (χ2n) is 6.54. The summed E-state index contributed by atoms with van der Waals surface area (Å²) < 4.78 is 18.8. The topological polar surface area (TPSA) is 104 Å². The van der Waals surface area contributed by atoms with Gasteiger partial charge in [-0.1, -0.05) is 17.3 Å². The van der Waals surface area contributed by atoms with Gasteiger partial charge in [0.05, 0.1) is 18.2 Å². The summed E-state index contributed by atoms with van der Waals surface area (Å²) in [5.41, 5.74) is 4.01. The van der Waals surface area contributed by atoms with Gasteiger partial charge in [-0.15, -0.1) is 0 Å². The van der Waals surface area contributed by atoms with Crippen LogP contribution in [0.5, 0.6) is 0 Å². The minimum atomic E-state index is -1.03. The molecule has 4 rings (SSSR count). The highest BCUT2D eigenvalue weighted by atomic mass is 32.2. The largest absolute Gasteiger partial charge is 0.612 e. The molecule has 1 atom stereocenters. The van der Waals surface area contributed by atoms with Crippen LogP contribution in [0.15, 0.2) is 64.0 Å². The van der Waals surface area contributed by atoms with Crippen LogP contribution in [0.1, 0.15) is 16.8 Å². The quantitative estimate of drug-likeness (QED) is 0.472. The maximum absolute atomic E-state index is 11.5. The Morgan fingerprint density at radius 2 is 1.86 bits per heavy atom. The zero-order chi connectivity index (χ0) is 20.4. The molecule has 0 aliphatic heterocycles. The highest BCUT2D eigenvalue weighted by molar-refractivity contribution is 7.90. The van der Waals surface area contributed by atoms with Crippen molar-refractivity contribution >= 4 is 11.2 Å². The Balaban J connectivity index is 1.55. The molecule has 29 heavy (non-hydrogen) atoms. The maximum atomic E-state index is 11.5. The van der Waals surface area contributed by atoms with Gasteiger partial charge in [-0.25, -0.2) is 0 Å². The van der Waals surface area contributed by atoms with Crippen LogP contribution in [-0.2, 0) is 17.7 Å². The van der Waals surface area contributed by atoms with Gasteiger partial charge in [-0.3, -0.25) is 4.68 Å². The van der Waals surface area contributed by atoms with Crippen LogP contribution < -0.4 is 0 Å². The third kappa shape index (κ3) is 4.06. The molecule has 0 bridgehead atoms. The van der Waals surface area contributed by atoms with E-state index in [-0.39, 0.29) is 0 Å². The lowest BCUT2D eigenvalue weighted by atomic mass is 10.1. The predicted octanol–water partition coefficient (Wildman–Crippen LogP) is 3.57.